The zero-order chi connectivity index (χ0) is 17.1. The summed E-state index contributed by atoms with van der Waals surface area (Å²) in [5.74, 6) is -1.02. The van der Waals surface area contributed by atoms with Gasteiger partial charge in [-0.1, -0.05) is 30.3 Å². The largest absolute Gasteiger partial charge is 0.367 e. The first-order valence-electron chi connectivity index (χ1n) is 7.28. The van der Waals surface area contributed by atoms with Crippen LogP contribution in [0.3, 0.4) is 0 Å². The van der Waals surface area contributed by atoms with Gasteiger partial charge in [0.05, 0.1) is 11.6 Å². The summed E-state index contributed by atoms with van der Waals surface area (Å²) in [4.78, 5) is 4.28. The molecule has 2 aromatic carbocycles. The van der Waals surface area contributed by atoms with E-state index in [1.54, 1.807) is 23.0 Å². The van der Waals surface area contributed by atoms with E-state index in [9.17, 15) is 8.78 Å². The van der Waals surface area contributed by atoms with Crippen LogP contribution in [0, 0.1) is 23.0 Å². The third-order valence-corrected chi connectivity index (χ3v) is 3.71. The van der Waals surface area contributed by atoms with Crippen LogP contribution in [-0.4, -0.2) is 9.55 Å². The van der Waals surface area contributed by atoms with Crippen molar-refractivity contribution >= 4 is 5.69 Å². The van der Waals surface area contributed by atoms with Gasteiger partial charge in [0, 0.05) is 19.4 Å². The number of hydrogen-bond acceptors (Lipinski definition) is 3. The highest BCUT2D eigenvalue weighted by atomic mass is 19.1. The highest BCUT2D eigenvalue weighted by molar-refractivity contribution is 5.53. The molecule has 1 heterocycles. The smallest absolute Gasteiger partial charge is 0.150 e. The molecule has 3 rings (SSSR count). The predicted molar refractivity (Wildman–Crippen MR) is 86.2 cm³/mol. The number of rotatable bonds is 4. The van der Waals surface area contributed by atoms with Gasteiger partial charge >= 0.3 is 0 Å². The predicted octanol–water partition coefficient (Wildman–Crippen LogP) is 3.77. The van der Waals surface area contributed by atoms with Gasteiger partial charge < -0.3 is 9.88 Å². The molecule has 1 atom stereocenters. The normalized spacial score (nSPS) is 11.8. The number of nitrogens with zero attached hydrogens (tertiary/aromatic N) is 3. The van der Waals surface area contributed by atoms with Gasteiger partial charge in [-0.3, -0.25) is 0 Å². The molecule has 1 N–H and O–H groups in total. The molecule has 0 saturated heterocycles. The van der Waals surface area contributed by atoms with E-state index < -0.39 is 17.7 Å². The zero-order valence-corrected chi connectivity index (χ0v) is 12.9. The average molecular weight is 324 g/mol. The lowest BCUT2D eigenvalue weighted by Crippen LogP contribution is -2.18. The van der Waals surface area contributed by atoms with Crippen LogP contribution < -0.4 is 5.32 Å². The van der Waals surface area contributed by atoms with Crippen molar-refractivity contribution in [1.29, 1.82) is 5.26 Å². The van der Waals surface area contributed by atoms with Crippen LogP contribution in [0.25, 0.3) is 0 Å². The summed E-state index contributed by atoms with van der Waals surface area (Å²) < 4.78 is 30.3. The van der Waals surface area contributed by atoms with Crippen LogP contribution >= 0.6 is 0 Å². The second-order valence-electron chi connectivity index (χ2n) is 5.31. The van der Waals surface area contributed by atoms with Crippen molar-refractivity contribution in [3.63, 3.8) is 0 Å². The highest BCUT2D eigenvalue weighted by Gasteiger charge is 2.22. The van der Waals surface area contributed by atoms with E-state index >= 15 is 0 Å². The van der Waals surface area contributed by atoms with Crippen molar-refractivity contribution in [2.75, 3.05) is 5.32 Å². The van der Waals surface area contributed by atoms with Crippen molar-refractivity contribution in [2.45, 2.75) is 6.04 Å². The van der Waals surface area contributed by atoms with Crippen molar-refractivity contribution < 1.29 is 8.78 Å². The minimum absolute atomic E-state index is 0.0659. The molecule has 0 amide bonds. The fourth-order valence-corrected chi connectivity index (χ4v) is 2.52. The number of imidazole rings is 1. The maximum Gasteiger partial charge on any atom is 0.150 e. The molecule has 4 nitrogen and oxygen atoms in total. The molecular formula is C18H14F2N4. The minimum Gasteiger partial charge on any atom is -0.367 e. The summed E-state index contributed by atoms with van der Waals surface area (Å²) in [6, 6.07) is 12.5. The van der Waals surface area contributed by atoms with Crippen molar-refractivity contribution in [2.24, 2.45) is 7.05 Å². The monoisotopic (exact) mass is 324 g/mol. The molecular weight excluding hydrogens is 310 g/mol. The van der Waals surface area contributed by atoms with E-state index in [0.29, 0.717) is 5.82 Å². The van der Waals surface area contributed by atoms with Crippen LogP contribution in [0.2, 0.25) is 0 Å². The quantitative estimate of drug-likeness (QED) is 0.795. The van der Waals surface area contributed by atoms with Crippen LogP contribution in [0.5, 0.6) is 0 Å². The molecule has 6 heteroatoms. The Morgan fingerprint density at radius 2 is 1.83 bits per heavy atom. The zero-order valence-electron chi connectivity index (χ0n) is 12.9. The summed E-state index contributed by atoms with van der Waals surface area (Å²) in [5.41, 5.74) is 0.463. The Balaban J connectivity index is 2.06. The van der Waals surface area contributed by atoms with Crippen LogP contribution in [0.15, 0.2) is 54.9 Å². The molecule has 0 bridgehead atoms. The Bertz CT molecular complexity index is 874. The Morgan fingerprint density at radius 3 is 2.38 bits per heavy atom. The van der Waals surface area contributed by atoms with Gasteiger partial charge in [-0.25, -0.2) is 13.8 Å². The van der Waals surface area contributed by atoms with E-state index in [1.165, 1.54) is 0 Å². The molecule has 0 saturated carbocycles. The van der Waals surface area contributed by atoms with Gasteiger partial charge in [0.2, 0.25) is 0 Å². The maximum absolute atomic E-state index is 14.2. The number of anilines is 1. The summed E-state index contributed by atoms with van der Waals surface area (Å²) in [5, 5.41) is 11.7. The Kier molecular flexibility index (Phi) is 4.25. The summed E-state index contributed by atoms with van der Waals surface area (Å²) in [6.07, 6.45) is 3.39. The fourth-order valence-electron chi connectivity index (χ4n) is 2.52. The highest BCUT2D eigenvalue weighted by Crippen LogP contribution is 2.29. The second kappa shape index (κ2) is 6.50. The van der Waals surface area contributed by atoms with Gasteiger partial charge in [-0.05, 0) is 17.7 Å². The molecule has 0 aliphatic carbocycles. The minimum atomic E-state index is -0.818. The van der Waals surface area contributed by atoms with Crippen LogP contribution in [-0.2, 0) is 7.05 Å². The van der Waals surface area contributed by atoms with E-state index in [4.69, 9.17) is 5.26 Å². The second-order valence-corrected chi connectivity index (χ2v) is 5.31. The number of aryl methyl sites for hydroxylation is 1. The molecule has 24 heavy (non-hydrogen) atoms. The number of halogens is 2. The molecule has 0 aliphatic rings. The molecule has 1 unspecified atom stereocenters. The van der Waals surface area contributed by atoms with Crippen molar-refractivity contribution in [3.05, 3.63) is 83.4 Å². The molecule has 1 aromatic heterocycles. The first-order valence-corrected chi connectivity index (χ1v) is 7.28. The Hall–Kier alpha value is -3.20. The first-order chi connectivity index (χ1) is 11.6. The number of hydrogen-bond donors (Lipinski definition) is 1. The van der Waals surface area contributed by atoms with E-state index in [0.717, 1.165) is 17.7 Å². The van der Waals surface area contributed by atoms with E-state index in [2.05, 4.69) is 10.3 Å². The van der Waals surface area contributed by atoms with Crippen molar-refractivity contribution in [1.82, 2.24) is 9.55 Å². The average Bonchev–Trinajstić information content (AvgIpc) is 3.01. The molecule has 3 aromatic rings. The van der Waals surface area contributed by atoms with E-state index in [1.807, 2.05) is 37.4 Å². The fraction of sp³-hybridized carbons (Fsp3) is 0.111. The summed E-state index contributed by atoms with van der Waals surface area (Å²) in [6.45, 7) is 0. The van der Waals surface area contributed by atoms with Gasteiger partial charge in [0.1, 0.15) is 17.6 Å². The lowest BCUT2D eigenvalue weighted by Gasteiger charge is -2.21. The van der Waals surface area contributed by atoms with Crippen LogP contribution in [0.4, 0.5) is 14.5 Å². The van der Waals surface area contributed by atoms with Crippen LogP contribution in [0.1, 0.15) is 23.0 Å². The first kappa shape index (κ1) is 15.7. The molecule has 0 aliphatic heterocycles. The number of nitrogens with one attached hydrogen (secondary N) is 1. The summed E-state index contributed by atoms with van der Waals surface area (Å²) in [7, 11) is 1.81. The van der Waals surface area contributed by atoms with Gasteiger partial charge in [0.25, 0.3) is 0 Å². The molecule has 0 fully saturated rings. The summed E-state index contributed by atoms with van der Waals surface area (Å²) >= 11 is 0. The molecule has 120 valence electrons. The van der Waals surface area contributed by atoms with Crippen molar-refractivity contribution in [3.8, 4) is 6.07 Å². The molecule has 0 radical (unpaired) electrons. The third kappa shape index (κ3) is 2.97. The number of nitriles is 1. The SMILES string of the molecule is Cn1ccnc1C(Nc1c(F)cc(C#N)cc1F)c1ccccc1. The third-order valence-electron chi connectivity index (χ3n) is 3.71. The lowest BCUT2D eigenvalue weighted by atomic mass is 10.1. The Labute approximate surface area is 138 Å². The van der Waals surface area contributed by atoms with Gasteiger partial charge in [-0.15, -0.1) is 0 Å². The molecule has 0 spiro atoms. The lowest BCUT2D eigenvalue weighted by molar-refractivity contribution is 0.583. The standard InChI is InChI=1S/C18H14F2N4/c1-24-8-7-22-18(24)16(13-5-3-2-4-6-13)23-17-14(19)9-12(11-21)10-15(17)20/h2-10,16,23H,1H3. The number of aromatic nitrogens is 2. The number of benzene rings is 2. The van der Waals surface area contributed by atoms with Gasteiger partial charge in [0.15, 0.2) is 11.6 Å². The topological polar surface area (TPSA) is 53.6 Å². The van der Waals surface area contributed by atoms with Gasteiger partial charge in [-0.2, -0.15) is 5.26 Å². The van der Waals surface area contributed by atoms with E-state index in [-0.39, 0.29) is 11.3 Å². The maximum atomic E-state index is 14.2. The Morgan fingerprint density at radius 1 is 1.17 bits per heavy atom.